The van der Waals surface area contributed by atoms with Gasteiger partial charge in [0.25, 0.3) is 0 Å². The number of nitrogens with zero attached hydrogens (tertiary/aromatic N) is 4. The van der Waals surface area contributed by atoms with Crippen molar-refractivity contribution in [3.8, 4) is 0 Å². The third-order valence-electron chi connectivity index (χ3n) is 4.28. The second kappa shape index (κ2) is 6.96. The fourth-order valence-electron chi connectivity index (χ4n) is 2.89. The van der Waals surface area contributed by atoms with E-state index < -0.39 is 0 Å². The Balaban J connectivity index is 1.84. The Morgan fingerprint density at radius 3 is 2.76 bits per heavy atom. The van der Waals surface area contributed by atoms with E-state index in [1.165, 1.54) is 15.6 Å². The van der Waals surface area contributed by atoms with E-state index in [4.69, 9.17) is 4.42 Å². The van der Waals surface area contributed by atoms with Crippen LogP contribution >= 0.6 is 0 Å². The number of aromatic nitrogens is 3. The van der Waals surface area contributed by atoms with E-state index in [-0.39, 0.29) is 24.2 Å². The van der Waals surface area contributed by atoms with E-state index in [0.717, 1.165) is 23.2 Å². The van der Waals surface area contributed by atoms with Gasteiger partial charge < -0.3 is 9.32 Å². The fraction of sp³-hybridized carbons (Fsp3) is 0.389. The first-order valence-electron chi connectivity index (χ1n) is 8.37. The van der Waals surface area contributed by atoms with Crippen molar-refractivity contribution < 1.29 is 9.21 Å². The van der Waals surface area contributed by atoms with Crippen LogP contribution in [-0.4, -0.2) is 31.7 Å². The maximum atomic E-state index is 12.8. The van der Waals surface area contributed by atoms with Crippen LogP contribution in [0.4, 0.5) is 0 Å². The quantitative estimate of drug-likeness (QED) is 0.689. The third kappa shape index (κ3) is 3.35. The number of furan rings is 1. The summed E-state index contributed by atoms with van der Waals surface area (Å²) < 4.78 is 8.43. The van der Waals surface area contributed by atoms with Gasteiger partial charge in [-0.1, -0.05) is 25.1 Å². The summed E-state index contributed by atoms with van der Waals surface area (Å²) in [5, 5.41) is 4.97. The van der Waals surface area contributed by atoms with Gasteiger partial charge in [0.1, 0.15) is 24.2 Å². The molecule has 2 heterocycles. The first-order chi connectivity index (χ1) is 12.0. The topological polar surface area (TPSA) is 73.3 Å². The van der Waals surface area contributed by atoms with Crippen LogP contribution in [0.1, 0.15) is 32.1 Å². The lowest BCUT2D eigenvalue weighted by Crippen LogP contribution is -2.39. The summed E-state index contributed by atoms with van der Waals surface area (Å²) in [5.41, 5.74) is 0.496. The molecule has 0 saturated heterocycles. The van der Waals surface area contributed by atoms with Gasteiger partial charge in [-0.05, 0) is 25.5 Å². The van der Waals surface area contributed by atoms with Gasteiger partial charge in [-0.2, -0.15) is 5.10 Å². The number of carbonyl (C=O) groups is 1. The minimum Gasteiger partial charge on any atom is -0.459 e. The van der Waals surface area contributed by atoms with Crippen LogP contribution in [0.3, 0.4) is 0 Å². The maximum Gasteiger partial charge on any atom is 0.345 e. The van der Waals surface area contributed by atoms with Gasteiger partial charge in [0, 0.05) is 19.0 Å². The van der Waals surface area contributed by atoms with Crippen molar-refractivity contribution in [3.63, 3.8) is 0 Å². The number of amides is 1. The zero-order valence-corrected chi connectivity index (χ0v) is 14.7. The second-order valence-electron chi connectivity index (χ2n) is 6.13. The molecule has 1 atom stereocenters. The molecule has 2 aromatic heterocycles. The molecule has 7 nitrogen and oxygen atoms in total. The van der Waals surface area contributed by atoms with Crippen LogP contribution in [0.15, 0.2) is 45.9 Å². The highest BCUT2D eigenvalue weighted by molar-refractivity contribution is 5.79. The van der Waals surface area contributed by atoms with Gasteiger partial charge in [0.2, 0.25) is 5.91 Å². The summed E-state index contributed by atoms with van der Waals surface area (Å²) in [6.45, 7) is 4.45. The van der Waals surface area contributed by atoms with Crippen molar-refractivity contribution in [3.05, 3.63) is 52.9 Å². The normalized spacial score (nSPS) is 12.4. The van der Waals surface area contributed by atoms with Crippen molar-refractivity contribution in [2.24, 2.45) is 7.05 Å². The highest BCUT2D eigenvalue weighted by Crippen LogP contribution is 2.27. The van der Waals surface area contributed by atoms with Gasteiger partial charge in [0.05, 0.1) is 6.04 Å². The lowest BCUT2D eigenvalue weighted by Gasteiger charge is -2.27. The molecule has 0 spiro atoms. The predicted octanol–water partition coefficient (Wildman–Crippen LogP) is 2.33. The van der Waals surface area contributed by atoms with Crippen molar-refractivity contribution >= 4 is 16.9 Å². The summed E-state index contributed by atoms with van der Waals surface area (Å²) in [4.78, 5) is 26.4. The Labute approximate surface area is 145 Å². The molecular formula is C18H22N4O3. The Morgan fingerprint density at radius 1 is 1.36 bits per heavy atom. The van der Waals surface area contributed by atoms with Crippen LogP contribution < -0.4 is 5.69 Å². The Morgan fingerprint density at radius 2 is 2.12 bits per heavy atom. The second-order valence-corrected chi connectivity index (χ2v) is 6.13. The summed E-state index contributed by atoms with van der Waals surface area (Å²) in [7, 11) is 1.61. The number of aryl methyl sites for hydroxylation is 1. The van der Waals surface area contributed by atoms with Crippen LogP contribution in [0, 0.1) is 0 Å². The first-order valence-corrected chi connectivity index (χ1v) is 8.37. The average molecular weight is 342 g/mol. The van der Waals surface area contributed by atoms with Gasteiger partial charge in [-0.25, -0.2) is 9.48 Å². The molecule has 0 saturated carbocycles. The smallest absolute Gasteiger partial charge is 0.345 e. The molecule has 25 heavy (non-hydrogen) atoms. The maximum absolute atomic E-state index is 12.8. The van der Waals surface area contributed by atoms with Crippen LogP contribution in [0.25, 0.3) is 11.0 Å². The largest absolute Gasteiger partial charge is 0.459 e. The molecule has 0 N–H and O–H groups in total. The number of para-hydroxylation sites is 1. The summed E-state index contributed by atoms with van der Waals surface area (Å²) in [6.07, 6.45) is 2.22. The van der Waals surface area contributed by atoms with Crippen LogP contribution in [0.5, 0.6) is 0 Å². The molecule has 0 aliphatic heterocycles. The molecule has 0 aliphatic carbocycles. The molecule has 0 fully saturated rings. The zero-order valence-electron chi connectivity index (χ0n) is 14.7. The summed E-state index contributed by atoms with van der Waals surface area (Å²) in [6, 6.07) is 9.50. The minimum atomic E-state index is -0.304. The average Bonchev–Trinajstić information content (AvgIpc) is 3.17. The van der Waals surface area contributed by atoms with Crippen molar-refractivity contribution in [1.29, 1.82) is 0 Å². The van der Waals surface area contributed by atoms with E-state index in [1.54, 1.807) is 11.9 Å². The molecule has 0 radical (unpaired) electrons. The summed E-state index contributed by atoms with van der Waals surface area (Å²) in [5.74, 6) is 0.576. The number of hydrogen-bond donors (Lipinski definition) is 0. The highest BCUT2D eigenvalue weighted by Gasteiger charge is 2.24. The monoisotopic (exact) mass is 342 g/mol. The van der Waals surface area contributed by atoms with Gasteiger partial charge in [-0.15, -0.1) is 0 Å². The number of carbonyl (C=O) groups excluding carboxylic acids is 1. The number of rotatable bonds is 6. The minimum absolute atomic E-state index is 0.0791. The van der Waals surface area contributed by atoms with Crippen molar-refractivity contribution in [1.82, 2.24) is 19.2 Å². The standard InChI is InChI=1S/C18H22N4O3/c1-4-9-21(17(23)11-22-18(24)20(3)12-19-22)13(2)16-10-14-7-5-6-8-15(14)25-16/h5-8,10,12-13H,4,9,11H2,1-3H3/t13-/m0/s1. The summed E-state index contributed by atoms with van der Waals surface area (Å²) >= 11 is 0. The molecule has 0 aliphatic rings. The molecule has 0 unspecified atom stereocenters. The molecular weight excluding hydrogens is 320 g/mol. The first kappa shape index (κ1) is 17.0. The zero-order chi connectivity index (χ0) is 18.0. The van der Waals surface area contributed by atoms with Crippen molar-refractivity contribution in [2.45, 2.75) is 32.9 Å². The number of fused-ring (bicyclic) bond motifs is 1. The van der Waals surface area contributed by atoms with E-state index >= 15 is 0 Å². The van der Waals surface area contributed by atoms with Gasteiger partial charge in [0.15, 0.2) is 0 Å². The van der Waals surface area contributed by atoms with Crippen molar-refractivity contribution in [2.75, 3.05) is 6.54 Å². The van der Waals surface area contributed by atoms with E-state index in [0.29, 0.717) is 6.54 Å². The molecule has 3 aromatic rings. The Hall–Kier alpha value is -2.83. The van der Waals surface area contributed by atoms with Gasteiger partial charge in [-0.3, -0.25) is 9.36 Å². The lowest BCUT2D eigenvalue weighted by atomic mass is 10.2. The van der Waals surface area contributed by atoms with E-state index in [9.17, 15) is 9.59 Å². The van der Waals surface area contributed by atoms with E-state index in [1.807, 2.05) is 44.2 Å². The van der Waals surface area contributed by atoms with Crippen LogP contribution in [-0.2, 0) is 18.4 Å². The SMILES string of the molecule is CCCN(C(=O)Cn1ncn(C)c1=O)[C@@H](C)c1cc2ccccc2o1. The molecule has 3 rings (SSSR count). The number of benzene rings is 1. The Bertz CT molecular complexity index is 904. The Kier molecular flexibility index (Phi) is 4.74. The molecule has 1 amide bonds. The molecule has 132 valence electrons. The lowest BCUT2D eigenvalue weighted by molar-refractivity contribution is -0.134. The molecule has 1 aromatic carbocycles. The number of hydrogen-bond acceptors (Lipinski definition) is 4. The van der Waals surface area contributed by atoms with Crippen LogP contribution in [0.2, 0.25) is 0 Å². The highest BCUT2D eigenvalue weighted by atomic mass is 16.3. The predicted molar refractivity (Wildman–Crippen MR) is 94.1 cm³/mol. The van der Waals surface area contributed by atoms with E-state index in [2.05, 4.69) is 5.10 Å². The molecule has 0 bridgehead atoms. The van der Waals surface area contributed by atoms with Gasteiger partial charge >= 0.3 is 5.69 Å². The molecule has 7 heteroatoms. The fourth-order valence-corrected chi connectivity index (χ4v) is 2.89. The third-order valence-corrected chi connectivity index (χ3v) is 4.28.